The van der Waals surface area contributed by atoms with Crippen LogP contribution in [0.5, 0.6) is 11.5 Å². The molecular formula is C13H16O3. The molecule has 0 bridgehead atoms. The summed E-state index contributed by atoms with van der Waals surface area (Å²) in [4.78, 5) is 12.3. The van der Waals surface area contributed by atoms with Gasteiger partial charge in [0.15, 0.2) is 5.78 Å². The Hall–Kier alpha value is -1.51. The molecule has 2 rings (SSSR count). The summed E-state index contributed by atoms with van der Waals surface area (Å²) in [6.45, 7) is 1.99. The molecule has 3 heteroatoms. The second-order valence-electron chi connectivity index (χ2n) is 4.43. The molecule has 16 heavy (non-hydrogen) atoms. The molecule has 0 saturated heterocycles. The topological polar surface area (TPSA) is 35.5 Å². The van der Waals surface area contributed by atoms with Gasteiger partial charge in [0.05, 0.1) is 14.2 Å². The smallest absolute Gasteiger partial charge is 0.176 e. The molecule has 1 aliphatic carbocycles. The van der Waals surface area contributed by atoms with E-state index in [-0.39, 0.29) is 11.2 Å². The Bertz CT molecular complexity index is 397. The molecule has 0 radical (unpaired) electrons. The van der Waals surface area contributed by atoms with Crippen LogP contribution < -0.4 is 9.47 Å². The van der Waals surface area contributed by atoms with Crippen LogP contribution in [-0.2, 0) is 0 Å². The van der Waals surface area contributed by atoms with E-state index in [0.29, 0.717) is 17.1 Å². The van der Waals surface area contributed by atoms with E-state index >= 15 is 0 Å². The predicted octanol–water partition coefficient (Wildman–Crippen LogP) is 2.69. The zero-order chi connectivity index (χ0) is 11.8. The van der Waals surface area contributed by atoms with E-state index in [2.05, 4.69) is 0 Å². The van der Waals surface area contributed by atoms with Gasteiger partial charge in [0.2, 0.25) is 0 Å². The number of Topliss-reactive ketones (excluding diaryl/α,β-unsaturated/α-hetero) is 1. The van der Waals surface area contributed by atoms with Gasteiger partial charge >= 0.3 is 0 Å². The van der Waals surface area contributed by atoms with Crippen molar-refractivity contribution in [2.24, 2.45) is 5.41 Å². The Kier molecular flexibility index (Phi) is 2.62. The summed E-state index contributed by atoms with van der Waals surface area (Å²) in [5, 5.41) is 0. The lowest BCUT2D eigenvalue weighted by molar-refractivity contribution is 0.0906. The molecule has 1 aliphatic rings. The summed E-state index contributed by atoms with van der Waals surface area (Å²) < 4.78 is 10.5. The maximum absolute atomic E-state index is 12.3. The fourth-order valence-electron chi connectivity index (χ4n) is 1.79. The first-order valence-electron chi connectivity index (χ1n) is 5.38. The summed E-state index contributed by atoms with van der Waals surface area (Å²) >= 11 is 0. The van der Waals surface area contributed by atoms with E-state index in [1.54, 1.807) is 26.4 Å². The highest BCUT2D eigenvalue weighted by molar-refractivity contribution is 6.06. The standard InChI is InChI=1S/C13H16O3/c1-13(7-8-13)12(14)11-9(15-2)5-4-6-10(11)16-3/h4-6H,7-8H2,1-3H3. The average molecular weight is 220 g/mol. The predicted molar refractivity (Wildman–Crippen MR) is 61.2 cm³/mol. The zero-order valence-corrected chi connectivity index (χ0v) is 9.87. The second kappa shape index (κ2) is 3.81. The molecule has 0 heterocycles. The Morgan fingerprint density at radius 2 is 1.69 bits per heavy atom. The van der Waals surface area contributed by atoms with E-state index < -0.39 is 0 Å². The maximum Gasteiger partial charge on any atom is 0.176 e. The Morgan fingerprint density at radius 3 is 2.06 bits per heavy atom. The van der Waals surface area contributed by atoms with Crippen LogP contribution in [0, 0.1) is 5.41 Å². The highest BCUT2D eigenvalue weighted by Gasteiger charge is 2.46. The monoisotopic (exact) mass is 220 g/mol. The summed E-state index contributed by atoms with van der Waals surface area (Å²) in [6, 6.07) is 5.41. The molecule has 0 spiro atoms. The van der Waals surface area contributed by atoms with Gasteiger partial charge in [-0.3, -0.25) is 4.79 Å². The van der Waals surface area contributed by atoms with Crippen molar-refractivity contribution >= 4 is 5.78 Å². The van der Waals surface area contributed by atoms with Crippen LogP contribution in [0.25, 0.3) is 0 Å². The largest absolute Gasteiger partial charge is 0.496 e. The van der Waals surface area contributed by atoms with Gasteiger partial charge in [0.25, 0.3) is 0 Å². The Labute approximate surface area is 95.4 Å². The Morgan fingerprint density at radius 1 is 1.19 bits per heavy atom. The highest BCUT2D eigenvalue weighted by atomic mass is 16.5. The highest BCUT2D eigenvalue weighted by Crippen LogP contribution is 2.50. The molecule has 0 aromatic heterocycles. The summed E-state index contributed by atoms with van der Waals surface area (Å²) in [5.74, 6) is 1.32. The van der Waals surface area contributed by atoms with Crippen LogP contribution in [0.4, 0.5) is 0 Å². The molecule has 0 atom stereocenters. The number of carbonyl (C=O) groups is 1. The number of ketones is 1. The lowest BCUT2D eigenvalue weighted by atomic mass is 9.95. The minimum Gasteiger partial charge on any atom is -0.496 e. The van der Waals surface area contributed by atoms with Crippen LogP contribution in [0.1, 0.15) is 30.1 Å². The van der Waals surface area contributed by atoms with Gasteiger partial charge in [-0.15, -0.1) is 0 Å². The van der Waals surface area contributed by atoms with Crippen molar-refractivity contribution in [2.45, 2.75) is 19.8 Å². The van der Waals surface area contributed by atoms with Crippen molar-refractivity contribution in [1.29, 1.82) is 0 Å². The number of methoxy groups -OCH3 is 2. The van der Waals surface area contributed by atoms with Crippen molar-refractivity contribution in [3.05, 3.63) is 23.8 Å². The molecule has 3 nitrogen and oxygen atoms in total. The lowest BCUT2D eigenvalue weighted by Gasteiger charge is -2.14. The van der Waals surface area contributed by atoms with Gasteiger partial charge in [0.1, 0.15) is 17.1 Å². The molecule has 1 fully saturated rings. The Balaban J connectivity index is 2.48. The molecule has 0 amide bonds. The SMILES string of the molecule is COc1cccc(OC)c1C(=O)C1(C)CC1. The molecule has 0 unspecified atom stereocenters. The van der Waals surface area contributed by atoms with E-state index in [1.807, 2.05) is 13.0 Å². The number of hydrogen-bond acceptors (Lipinski definition) is 3. The minimum absolute atomic E-state index is 0.127. The zero-order valence-electron chi connectivity index (χ0n) is 9.87. The molecule has 1 aromatic rings. The molecule has 86 valence electrons. The second-order valence-corrected chi connectivity index (χ2v) is 4.43. The van der Waals surface area contributed by atoms with Gasteiger partial charge in [-0.25, -0.2) is 0 Å². The third kappa shape index (κ3) is 1.66. The third-order valence-electron chi connectivity index (χ3n) is 3.20. The van der Waals surface area contributed by atoms with Crippen molar-refractivity contribution in [2.75, 3.05) is 14.2 Å². The van der Waals surface area contributed by atoms with Gasteiger partial charge in [-0.05, 0) is 25.0 Å². The first kappa shape index (κ1) is 11.0. The summed E-state index contributed by atoms with van der Waals surface area (Å²) in [5.41, 5.74) is 0.370. The lowest BCUT2D eigenvalue weighted by Crippen LogP contribution is -2.14. The molecule has 1 saturated carbocycles. The van der Waals surface area contributed by atoms with Gasteiger partial charge < -0.3 is 9.47 Å². The van der Waals surface area contributed by atoms with Gasteiger partial charge in [0, 0.05) is 5.41 Å². The van der Waals surface area contributed by atoms with Crippen LogP contribution in [0.2, 0.25) is 0 Å². The molecule has 0 aliphatic heterocycles. The first-order chi connectivity index (χ1) is 7.62. The fourth-order valence-corrected chi connectivity index (χ4v) is 1.79. The van der Waals surface area contributed by atoms with Crippen LogP contribution in [0.15, 0.2) is 18.2 Å². The first-order valence-corrected chi connectivity index (χ1v) is 5.38. The maximum atomic E-state index is 12.3. The number of hydrogen-bond donors (Lipinski definition) is 0. The number of benzene rings is 1. The van der Waals surface area contributed by atoms with Crippen molar-refractivity contribution in [1.82, 2.24) is 0 Å². The molecule has 0 N–H and O–H groups in total. The van der Waals surface area contributed by atoms with E-state index in [1.165, 1.54) is 0 Å². The summed E-state index contributed by atoms with van der Waals surface area (Å²) in [7, 11) is 3.14. The summed E-state index contributed by atoms with van der Waals surface area (Å²) in [6.07, 6.45) is 1.90. The van der Waals surface area contributed by atoms with Crippen LogP contribution in [0.3, 0.4) is 0 Å². The van der Waals surface area contributed by atoms with E-state index in [9.17, 15) is 4.79 Å². The van der Waals surface area contributed by atoms with Crippen molar-refractivity contribution in [3.63, 3.8) is 0 Å². The fraction of sp³-hybridized carbons (Fsp3) is 0.462. The van der Waals surface area contributed by atoms with Crippen LogP contribution in [-0.4, -0.2) is 20.0 Å². The van der Waals surface area contributed by atoms with Crippen LogP contribution >= 0.6 is 0 Å². The van der Waals surface area contributed by atoms with E-state index in [4.69, 9.17) is 9.47 Å². The third-order valence-corrected chi connectivity index (χ3v) is 3.20. The van der Waals surface area contributed by atoms with E-state index in [0.717, 1.165) is 12.8 Å². The molecular weight excluding hydrogens is 204 g/mol. The van der Waals surface area contributed by atoms with Crippen molar-refractivity contribution in [3.8, 4) is 11.5 Å². The number of carbonyl (C=O) groups excluding carboxylic acids is 1. The average Bonchev–Trinajstić information content (AvgIpc) is 3.06. The molecule has 1 aromatic carbocycles. The van der Waals surface area contributed by atoms with Gasteiger partial charge in [-0.1, -0.05) is 13.0 Å². The number of ether oxygens (including phenoxy) is 2. The van der Waals surface area contributed by atoms with Crippen molar-refractivity contribution < 1.29 is 14.3 Å². The normalized spacial score (nSPS) is 16.7. The number of rotatable bonds is 4. The van der Waals surface area contributed by atoms with Gasteiger partial charge in [-0.2, -0.15) is 0 Å². The quantitative estimate of drug-likeness (QED) is 0.732. The minimum atomic E-state index is -0.206.